The van der Waals surface area contributed by atoms with Crippen LogP contribution in [0.4, 0.5) is 0 Å². The average molecular weight is 291 g/mol. The Balaban J connectivity index is 0.000000289. The third kappa shape index (κ3) is 11.0. The van der Waals surface area contributed by atoms with Gasteiger partial charge in [-0.3, -0.25) is 4.98 Å². The Morgan fingerprint density at radius 3 is 2.14 bits per heavy atom. The maximum atomic E-state index is 4.10. The number of allylic oxidation sites excluding steroid dienone is 1. The summed E-state index contributed by atoms with van der Waals surface area (Å²) in [5.41, 5.74) is 2.26. The van der Waals surface area contributed by atoms with E-state index in [0.717, 1.165) is 17.8 Å². The van der Waals surface area contributed by atoms with Crippen molar-refractivity contribution in [2.45, 2.75) is 40.0 Å². The first-order chi connectivity index (χ1) is 10.0. The Morgan fingerprint density at radius 2 is 1.95 bits per heavy atom. The first kappa shape index (κ1) is 19.7. The lowest BCUT2D eigenvalue weighted by Gasteiger charge is -2.05. The van der Waals surface area contributed by atoms with Crippen LogP contribution >= 0.6 is 0 Å². The highest BCUT2D eigenvalue weighted by Crippen LogP contribution is 2.02. The van der Waals surface area contributed by atoms with E-state index in [1.807, 2.05) is 31.4 Å². The lowest BCUT2D eigenvalue weighted by Crippen LogP contribution is -2.10. The van der Waals surface area contributed by atoms with E-state index in [1.54, 1.807) is 0 Å². The number of hydrogen-bond acceptors (Lipinski definition) is 3. The largest absolute Gasteiger partial charge is 0.392 e. The molecule has 2 heterocycles. The smallest absolute Gasteiger partial charge is 0.0400 e. The summed E-state index contributed by atoms with van der Waals surface area (Å²) in [7, 11) is 4.06. The van der Waals surface area contributed by atoms with Crippen molar-refractivity contribution in [2.24, 2.45) is 5.92 Å². The van der Waals surface area contributed by atoms with Crippen LogP contribution in [0.15, 0.2) is 36.7 Å². The SMILES string of the molecule is C=C(NC)C(C)C.CCc1ccccn1.CN1CCCC1. The molecule has 1 N–H and O–H groups in total. The summed E-state index contributed by atoms with van der Waals surface area (Å²) < 4.78 is 0. The molecule has 0 amide bonds. The van der Waals surface area contributed by atoms with E-state index in [2.05, 4.69) is 49.6 Å². The van der Waals surface area contributed by atoms with Crippen LogP contribution < -0.4 is 5.32 Å². The summed E-state index contributed by atoms with van der Waals surface area (Å²) in [6, 6.07) is 5.96. The van der Waals surface area contributed by atoms with Gasteiger partial charge in [0.05, 0.1) is 0 Å². The maximum absolute atomic E-state index is 4.10. The second-order valence-electron chi connectivity index (χ2n) is 5.61. The van der Waals surface area contributed by atoms with Crippen molar-refractivity contribution in [3.05, 3.63) is 42.4 Å². The zero-order valence-corrected chi connectivity index (χ0v) is 14.5. The molecular formula is C18H33N3. The molecule has 0 spiro atoms. The minimum atomic E-state index is 0.560. The molecule has 2 rings (SSSR count). The number of likely N-dealkylation sites (tertiary alicyclic amines) is 1. The Bertz CT molecular complexity index is 354. The maximum Gasteiger partial charge on any atom is 0.0400 e. The van der Waals surface area contributed by atoms with Crippen molar-refractivity contribution < 1.29 is 0 Å². The quantitative estimate of drug-likeness (QED) is 0.919. The molecule has 0 atom stereocenters. The summed E-state index contributed by atoms with van der Waals surface area (Å²) >= 11 is 0. The van der Waals surface area contributed by atoms with Gasteiger partial charge in [-0.2, -0.15) is 0 Å². The number of rotatable bonds is 3. The van der Waals surface area contributed by atoms with Crippen LogP contribution in [0.2, 0.25) is 0 Å². The normalized spacial score (nSPS) is 13.8. The highest BCUT2D eigenvalue weighted by atomic mass is 15.1. The van der Waals surface area contributed by atoms with Crippen LogP contribution in [-0.2, 0) is 6.42 Å². The fraction of sp³-hybridized carbons (Fsp3) is 0.611. The highest BCUT2D eigenvalue weighted by Gasteiger charge is 2.03. The Hall–Kier alpha value is -1.35. The first-order valence-electron chi connectivity index (χ1n) is 7.96. The minimum absolute atomic E-state index is 0.560. The third-order valence-electron chi connectivity index (χ3n) is 3.44. The van der Waals surface area contributed by atoms with E-state index < -0.39 is 0 Å². The Morgan fingerprint density at radius 1 is 1.33 bits per heavy atom. The first-order valence-corrected chi connectivity index (χ1v) is 7.96. The summed E-state index contributed by atoms with van der Waals surface area (Å²) in [5, 5.41) is 2.97. The lowest BCUT2D eigenvalue weighted by molar-refractivity contribution is 0.418. The van der Waals surface area contributed by atoms with Gasteiger partial charge in [-0.1, -0.05) is 33.4 Å². The van der Waals surface area contributed by atoms with Gasteiger partial charge in [-0.25, -0.2) is 0 Å². The molecule has 1 fully saturated rings. The number of nitrogens with zero attached hydrogens (tertiary/aromatic N) is 2. The summed E-state index contributed by atoms with van der Waals surface area (Å²) in [6.07, 6.45) is 5.67. The molecule has 1 aliphatic rings. The molecule has 0 bridgehead atoms. The van der Waals surface area contributed by atoms with Crippen molar-refractivity contribution in [1.29, 1.82) is 0 Å². The molecule has 120 valence electrons. The van der Waals surface area contributed by atoms with Gasteiger partial charge in [0.25, 0.3) is 0 Å². The number of pyridine rings is 1. The van der Waals surface area contributed by atoms with E-state index in [9.17, 15) is 0 Å². The Kier molecular flexibility index (Phi) is 11.6. The molecule has 1 aromatic heterocycles. The van der Waals surface area contributed by atoms with Crippen LogP contribution in [0.5, 0.6) is 0 Å². The molecule has 3 heteroatoms. The minimum Gasteiger partial charge on any atom is -0.392 e. The predicted molar refractivity (Wildman–Crippen MR) is 93.4 cm³/mol. The molecular weight excluding hydrogens is 258 g/mol. The van der Waals surface area contributed by atoms with Gasteiger partial charge in [-0.05, 0) is 57.5 Å². The van der Waals surface area contributed by atoms with Crippen LogP contribution in [-0.4, -0.2) is 37.1 Å². The molecule has 0 saturated carbocycles. The summed E-state index contributed by atoms with van der Waals surface area (Å²) in [4.78, 5) is 6.46. The van der Waals surface area contributed by atoms with E-state index >= 15 is 0 Å². The second kappa shape index (κ2) is 12.4. The summed E-state index contributed by atoms with van der Waals surface area (Å²) in [6.45, 7) is 12.7. The van der Waals surface area contributed by atoms with Gasteiger partial charge >= 0.3 is 0 Å². The zero-order valence-electron chi connectivity index (χ0n) is 14.5. The molecule has 3 nitrogen and oxygen atoms in total. The van der Waals surface area contributed by atoms with Crippen LogP contribution in [0.3, 0.4) is 0 Å². The molecule has 1 aromatic rings. The fourth-order valence-electron chi connectivity index (χ4n) is 1.77. The van der Waals surface area contributed by atoms with Gasteiger partial charge in [-0.15, -0.1) is 0 Å². The zero-order chi connectivity index (χ0) is 16.1. The number of nitrogens with one attached hydrogen (secondary N) is 1. The average Bonchev–Trinajstić information content (AvgIpc) is 2.99. The summed E-state index contributed by atoms with van der Waals surface area (Å²) in [5.74, 6) is 0.560. The number of aryl methyl sites for hydroxylation is 1. The molecule has 0 aliphatic carbocycles. The van der Waals surface area contributed by atoms with Crippen molar-refractivity contribution >= 4 is 0 Å². The molecule has 0 radical (unpaired) electrons. The van der Waals surface area contributed by atoms with E-state index in [1.165, 1.54) is 25.9 Å². The van der Waals surface area contributed by atoms with Crippen molar-refractivity contribution in [2.75, 3.05) is 27.2 Å². The van der Waals surface area contributed by atoms with Gasteiger partial charge in [0, 0.05) is 24.6 Å². The predicted octanol–water partition coefficient (Wildman–Crippen LogP) is 3.73. The molecule has 21 heavy (non-hydrogen) atoms. The standard InChI is InChI=1S/C7H9N.C6H13N.C5H11N/c1-2-7-5-3-4-6-8-7;1-5(2)6(3)7-4;1-6-4-2-3-5-6/h3-6H,2H2,1H3;5,7H,3H2,1-2,4H3;2-5H2,1H3. The second-order valence-corrected chi connectivity index (χ2v) is 5.61. The van der Waals surface area contributed by atoms with Crippen molar-refractivity contribution in [3.63, 3.8) is 0 Å². The molecule has 1 saturated heterocycles. The van der Waals surface area contributed by atoms with Gasteiger partial charge in [0.1, 0.15) is 0 Å². The molecule has 0 unspecified atom stereocenters. The van der Waals surface area contributed by atoms with Gasteiger partial charge < -0.3 is 10.2 Å². The third-order valence-corrected chi connectivity index (χ3v) is 3.44. The monoisotopic (exact) mass is 291 g/mol. The lowest BCUT2D eigenvalue weighted by atomic mass is 10.2. The van der Waals surface area contributed by atoms with Gasteiger partial charge in [0.15, 0.2) is 0 Å². The van der Waals surface area contributed by atoms with Crippen LogP contribution in [0.25, 0.3) is 0 Å². The molecule has 0 aromatic carbocycles. The van der Waals surface area contributed by atoms with Crippen molar-refractivity contribution in [3.8, 4) is 0 Å². The van der Waals surface area contributed by atoms with Crippen LogP contribution in [0.1, 0.15) is 39.3 Å². The van der Waals surface area contributed by atoms with E-state index in [-0.39, 0.29) is 0 Å². The van der Waals surface area contributed by atoms with Gasteiger partial charge in [0.2, 0.25) is 0 Å². The highest BCUT2D eigenvalue weighted by molar-refractivity contribution is 5.02. The topological polar surface area (TPSA) is 28.2 Å². The Labute approximate surface area is 131 Å². The number of aromatic nitrogens is 1. The van der Waals surface area contributed by atoms with E-state index in [0.29, 0.717) is 5.92 Å². The van der Waals surface area contributed by atoms with Crippen molar-refractivity contribution in [1.82, 2.24) is 15.2 Å². The fourth-order valence-corrected chi connectivity index (χ4v) is 1.77. The van der Waals surface area contributed by atoms with Crippen LogP contribution in [0, 0.1) is 5.92 Å². The van der Waals surface area contributed by atoms with E-state index in [4.69, 9.17) is 0 Å². The molecule has 1 aliphatic heterocycles. The number of hydrogen-bond donors (Lipinski definition) is 1.